The molecule has 0 saturated carbocycles. The minimum Gasteiger partial charge on any atom is -0.490 e. The van der Waals surface area contributed by atoms with E-state index >= 15 is 0 Å². The summed E-state index contributed by atoms with van der Waals surface area (Å²) < 4.78 is 7.21. The second-order valence-electron chi connectivity index (χ2n) is 5.67. The summed E-state index contributed by atoms with van der Waals surface area (Å²) in [6.07, 6.45) is 1.72. The average Bonchev–Trinajstić information content (AvgIpc) is 2.97. The van der Waals surface area contributed by atoms with Crippen LogP contribution in [0.25, 0.3) is 5.65 Å². The van der Waals surface area contributed by atoms with E-state index in [0.29, 0.717) is 35.1 Å². The number of ether oxygens (including phenoxy) is 1. The van der Waals surface area contributed by atoms with Gasteiger partial charge in [0.25, 0.3) is 5.91 Å². The van der Waals surface area contributed by atoms with Crippen molar-refractivity contribution < 1.29 is 19.4 Å². The van der Waals surface area contributed by atoms with Gasteiger partial charge in [-0.3, -0.25) is 18.9 Å². The van der Waals surface area contributed by atoms with Gasteiger partial charge in [0.05, 0.1) is 12.3 Å². The lowest BCUT2D eigenvalue weighted by atomic mass is 10.2. The van der Waals surface area contributed by atoms with Gasteiger partial charge >= 0.3 is 5.97 Å². The molecule has 2 aromatic heterocycles. The van der Waals surface area contributed by atoms with E-state index in [9.17, 15) is 14.7 Å². The van der Waals surface area contributed by atoms with Crippen molar-refractivity contribution in [1.29, 1.82) is 0 Å². The van der Waals surface area contributed by atoms with Crippen LogP contribution in [0.3, 0.4) is 0 Å². The molecule has 1 N–H and O–H groups in total. The van der Waals surface area contributed by atoms with E-state index in [-0.39, 0.29) is 0 Å². The van der Waals surface area contributed by atoms with Crippen LogP contribution in [0.1, 0.15) is 23.1 Å². The number of para-hydroxylation sites is 1. The number of rotatable bonds is 6. The Morgan fingerprint density at radius 2 is 1.92 bits per heavy atom. The monoisotopic (exact) mass is 353 g/mol. The van der Waals surface area contributed by atoms with Crippen LogP contribution in [0.2, 0.25) is 0 Å². The number of nitrogens with zero attached hydrogens (tertiary/aromatic N) is 3. The highest BCUT2D eigenvalue weighted by atomic mass is 16.5. The first kappa shape index (κ1) is 17.5. The van der Waals surface area contributed by atoms with Gasteiger partial charge in [-0.1, -0.05) is 18.2 Å². The minimum absolute atomic E-state index is 0.312. The third kappa shape index (κ3) is 3.23. The van der Waals surface area contributed by atoms with Crippen LogP contribution in [0.15, 0.2) is 48.7 Å². The normalized spacial score (nSPS) is 10.7. The van der Waals surface area contributed by atoms with E-state index in [2.05, 4.69) is 4.98 Å². The zero-order valence-electron chi connectivity index (χ0n) is 14.5. The maximum Gasteiger partial charge on any atom is 0.323 e. The number of anilines is 1. The molecule has 2 heterocycles. The molecule has 0 fully saturated rings. The van der Waals surface area contributed by atoms with Gasteiger partial charge < -0.3 is 9.84 Å². The lowest BCUT2D eigenvalue weighted by molar-refractivity contribution is -0.135. The number of carbonyl (C=O) groups excluding carboxylic acids is 1. The van der Waals surface area contributed by atoms with Crippen molar-refractivity contribution in [2.24, 2.45) is 0 Å². The molecule has 0 aliphatic carbocycles. The molecule has 134 valence electrons. The largest absolute Gasteiger partial charge is 0.490 e. The Labute approximate surface area is 150 Å². The number of carboxylic acid groups (broad SMARTS) is 1. The predicted molar refractivity (Wildman–Crippen MR) is 96.9 cm³/mol. The Morgan fingerprint density at radius 1 is 1.19 bits per heavy atom. The Bertz CT molecular complexity index is 950. The summed E-state index contributed by atoms with van der Waals surface area (Å²) in [6.45, 7) is 3.62. The van der Waals surface area contributed by atoms with Gasteiger partial charge in [-0.25, -0.2) is 4.98 Å². The lowest BCUT2D eigenvalue weighted by Crippen LogP contribution is -2.36. The molecule has 3 rings (SSSR count). The molecule has 0 spiro atoms. The van der Waals surface area contributed by atoms with Gasteiger partial charge in [-0.05, 0) is 38.1 Å². The molecule has 0 radical (unpaired) electrons. The standard InChI is InChI=1S/C19H19N3O4/c1-3-26-15-10-7-11-21-17(13(2)20-18(15)21)19(25)22(12-16(23)24)14-8-5-4-6-9-14/h4-11H,3,12H2,1-2H3,(H,23,24). The zero-order valence-corrected chi connectivity index (χ0v) is 14.5. The summed E-state index contributed by atoms with van der Waals surface area (Å²) in [7, 11) is 0. The summed E-state index contributed by atoms with van der Waals surface area (Å²) in [5.41, 5.74) is 1.86. The molecule has 7 nitrogen and oxygen atoms in total. The van der Waals surface area contributed by atoms with Gasteiger partial charge in [-0.15, -0.1) is 0 Å². The van der Waals surface area contributed by atoms with Crippen molar-refractivity contribution in [3.8, 4) is 5.75 Å². The highest BCUT2D eigenvalue weighted by Crippen LogP contribution is 2.24. The highest BCUT2D eigenvalue weighted by molar-refractivity contribution is 6.08. The molecule has 7 heteroatoms. The second-order valence-corrected chi connectivity index (χ2v) is 5.67. The molecule has 0 bridgehead atoms. The molecule has 26 heavy (non-hydrogen) atoms. The van der Waals surface area contributed by atoms with Gasteiger partial charge in [0.15, 0.2) is 11.4 Å². The molecule has 0 aliphatic rings. The van der Waals surface area contributed by atoms with Crippen molar-refractivity contribution in [2.75, 3.05) is 18.1 Å². The fraction of sp³-hybridized carbons (Fsp3) is 0.211. The summed E-state index contributed by atoms with van der Waals surface area (Å²) in [6, 6.07) is 12.3. The number of aliphatic carboxylic acids is 1. The van der Waals surface area contributed by atoms with Gasteiger partial charge in [0, 0.05) is 11.9 Å². The van der Waals surface area contributed by atoms with Crippen LogP contribution < -0.4 is 9.64 Å². The van der Waals surface area contributed by atoms with E-state index < -0.39 is 18.4 Å². The molecule has 0 atom stereocenters. The summed E-state index contributed by atoms with van der Waals surface area (Å²) in [5, 5.41) is 9.25. The Kier molecular flexibility index (Phi) is 4.88. The van der Waals surface area contributed by atoms with Crippen molar-refractivity contribution >= 4 is 23.2 Å². The number of imidazole rings is 1. The maximum atomic E-state index is 13.2. The van der Waals surface area contributed by atoms with E-state index in [1.165, 1.54) is 4.90 Å². The van der Waals surface area contributed by atoms with Crippen LogP contribution in [-0.4, -0.2) is 39.5 Å². The predicted octanol–water partition coefficient (Wildman–Crippen LogP) is 2.77. The molecule has 1 amide bonds. The average molecular weight is 353 g/mol. The van der Waals surface area contributed by atoms with Crippen LogP contribution >= 0.6 is 0 Å². The smallest absolute Gasteiger partial charge is 0.323 e. The van der Waals surface area contributed by atoms with E-state index in [0.717, 1.165) is 0 Å². The van der Waals surface area contributed by atoms with Crippen molar-refractivity contribution in [1.82, 2.24) is 9.38 Å². The number of aromatic nitrogens is 2. The molecule has 0 aliphatic heterocycles. The lowest BCUT2D eigenvalue weighted by Gasteiger charge is -2.21. The zero-order chi connectivity index (χ0) is 18.7. The van der Waals surface area contributed by atoms with Crippen LogP contribution in [-0.2, 0) is 4.79 Å². The van der Waals surface area contributed by atoms with Crippen LogP contribution in [0.5, 0.6) is 5.75 Å². The molecule has 0 unspecified atom stereocenters. The van der Waals surface area contributed by atoms with Gasteiger partial charge in [0.2, 0.25) is 0 Å². The van der Waals surface area contributed by atoms with Gasteiger partial charge in [0.1, 0.15) is 12.2 Å². The number of hydrogen-bond acceptors (Lipinski definition) is 4. The number of carbonyl (C=O) groups is 2. The molecular weight excluding hydrogens is 334 g/mol. The molecular formula is C19H19N3O4. The number of benzene rings is 1. The number of amides is 1. The third-order valence-corrected chi connectivity index (χ3v) is 3.90. The molecule has 1 aromatic carbocycles. The third-order valence-electron chi connectivity index (χ3n) is 3.90. The Morgan fingerprint density at radius 3 is 2.58 bits per heavy atom. The maximum absolute atomic E-state index is 13.2. The topological polar surface area (TPSA) is 84.1 Å². The van der Waals surface area contributed by atoms with Crippen molar-refractivity contribution in [2.45, 2.75) is 13.8 Å². The van der Waals surface area contributed by atoms with Crippen LogP contribution in [0.4, 0.5) is 5.69 Å². The SMILES string of the molecule is CCOc1cccn2c(C(=O)N(CC(=O)O)c3ccccc3)c(C)nc12. The number of aryl methyl sites for hydroxylation is 1. The summed E-state index contributed by atoms with van der Waals surface area (Å²) >= 11 is 0. The second kappa shape index (κ2) is 7.26. The Hall–Kier alpha value is -3.35. The molecule has 3 aromatic rings. The van der Waals surface area contributed by atoms with Crippen molar-refractivity contribution in [3.63, 3.8) is 0 Å². The number of pyridine rings is 1. The quantitative estimate of drug-likeness (QED) is 0.737. The first-order valence-electron chi connectivity index (χ1n) is 8.22. The fourth-order valence-electron chi connectivity index (χ4n) is 2.83. The van der Waals surface area contributed by atoms with E-state index in [4.69, 9.17) is 4.74 Å². The Balaban J connectivity index is 2.11. The summed E-state index contributed by atoms with van der Waals surface area (Å²) in [5.74, 6) is -0.956. The van der Waals surface area contributed by atoms with Crippen molar-refractivity contribution in [3.05, 3.63) is 60.0 Å². The van der Waals surface area contributed by atoms with Gasteiger partial charge in [-0.2, -0.15) is 0 Å². The number of hydrogen-bond donors (Lipinski definition) is 1. The minimum atomic E-state index is -1.09. The number of fused-ring (bicyclic) bond motifs is 1. The first-order valence-corrected chi connectivity index (χ1v) is 8.22. The highest BCUT2D eigenvalue weighted by Gasteiger charge is 2.26. The molecule has 0 saturated heterocycles. The van der Waals surface area contributed by atoms with E-state index in [1.807, 2.05) is 6.92 Å². The van der Waals surface area contributed by atoms with Crippen LogP contribution in [0, 0.1) is 6.92 Å². The number of carboxylic acids is 1. The first-order chi connectivity index (χ1) is 12.5. The summed E-state index contributed by atoms with van der Waals surface area (Å²) in [4.78, 5) is 30.2. The van der Waals surface area contributed by atoms with E-state index in [1.54, 1.807) is 60.0 Å². The fourth-order valence-corrected chi connectivity index (χ4v) is 2.83.